The van der Waals surface area contributed by atoms with Crippen molar-refractivity contribution in [2.75, 3.05) is 26.4 Å². The van der Waals surface area contributed by atoms with E-state index in [1.54, 1.807) is 72.8 Å². The first-order chi connectivity index (χ1) is 33.0. The van der Waals surface area contributed by atoms with E-state index in [9.17, 15) is 0 Å². The summed E-state index contributed by atoms with van der Waals surface area (Å²) in [6.07, 6.45) is 3.64. The van der Waals surface area contributed by atoms with Gasteiger partial charge in [0.25, 0.3) is 5.82 Å². The Morgan fingerprint density at radius 1 is 0.576 bits per heavy atom. The summed E-state index contributed by atoms with van der Waals surface area (Å²) in [6.45, 7) is 1.12. The summed E-state index contributed by atoms with van der Waals surface area (Å²) in [4.78, 5) is 12.2. The summed E-state index contributed by atoms with van der Waals surface area (Å²) in [5.41, 5.74) is 9.54. The van der Waals surface area contributed by atoms with E-state index < -0.39 is 42.2 Å². The van der Waals surface area contributed by atoms with Crippen molar-refractivity contribution >= 4 is 32.3 Å². The van der Waals surface area contributed by atoms with Crippen LogP contribution in [-0.2, 0) is 19.8 Å². The number of aryl methyl sites for hydroxylation is 2. The Labute approximate surface area is 380 Å². The molecule has 0 radical (unpaired) electrons. The maximum absolute atomic E-state index is 8.79. The molecule has 8 rings (SSSR count). The summed E-state index contributed by atoms with van der Waals surface area (Å²) in [7, 11) is -4.28. The Balaban J connectivity index is 0.000000207. The molecule has 0 spiro atoms. The maximum Gasteiger partial charge on any atom is 2.00 e. The molecule has 4 aromatic heterocycles. The summed E-state index contributed by atoms with van der Waals surface area (Å²) >= 11 is 0. The van der Waals surface area contributed by atoms with Gasteiger partial charge in [0.1, 0.15) is 11.8 Å². The monoisotopic (exact) mass is 998 g/mol. The number of hydrogen-bond acceptors (Lipinski definition) is 5. The number of hydrogen-bond donors (Lipinski definition) is 0. The van der Waals surface area contributed by atoms with E-state index >= 15 is 0 Å². The van der Waals surface area contributed by atoms with Crippen LogP contribution in [0, 0.1) is 31.8 Å². The second-order valence-corrected chi connectivity index (χ2v) is 14.7. The van der Waals surface area contributed by atoms with Gasteiger partial charge in [-0.1, -0.05) is 155 Å². The third kappa shape index (κ3) is 13.6. The standard InChI is InChI=1S/2C16H11N4.2C8H11P.Os/c1-11-8-13(12-6-4-3-5-7-12)10-18-16(11)14-9-15(17-2)20-19-14;1-11-7-13(12-5-3-2-4-6-12)10-18-16(11)15-8-14(9-17)19-20-15;2*1-9(2)8-6-4-3-5-7-8;/h3-10H,1H3;2-8,10H,1H3;2*3-7H,1-2H3;/q2*-1;;;+2/i;;2*1D3,2D3;. The molecule has 0 fully saturated rings. The molecule has 8 aromatic rings. The molecule has 0 saturated carbocycles. The van der Waals surface area contributed by atoms with Crippen LogP contribution in [0.2, 0.25) is 0 Å². The van der Waals surface area contributed by atoms with Crippen molar-refractivity contribution in [1.82, 2.24) is 30.4 Å². The topological polar surface area (TPSA) is 108 Å². The first-order valence-corrected chi connectivity index (χ1v) is 20.2. The SMILES string of the molecule is Cc1cc(-c2ccccc2)cnc1-c1cc(C#N)n[n-]1.[2H]C([2H])([2H])P(c1ccccc1)C([2H])([2H])[2H].[2H]C([2H])([2H])P(c1ccccc1)C([2H])([2H])[2H].[C-]#[N+]c1cc(-c2ncc(-c3ccccc3)cc2C)[n-]n1.[Os+2]. The number of benzene rings is 4. The van der Waals surface area contributed by atoms with Gasteiger partial charge in [0.2, 0.25) is 0 Å². The number of pyridine rings is 2. The van der Waals surface area contributed by atoms with Crippen LogP contribution in [-0.4, -0.2) is 46.5 Å². The van der Waals surface area contributed by atoms with Crippen LogP contribution < -0.4 is 20.8 Å². The zero-order chi connectivity index (χ0) is 51.3. The molecule has 0 bridgehead atoms. The Bertz CT molecular complexity index is 2780. The van der Waals surface area contributed by atoms with Crippen LogP contribution in [0.15, 0.2) is 158 Å². The Morgan fingerprint density at radius 3 is 1.34 bits per heavy atom. The van der Waals surface area contributed by atoms with E-state index in [1.807, 2.05) is 80.8 Å². The van der Waals surface area contributed by atoms with Crippen LogP contribution in [0.3, 0.4) is 0 Å². The quantitative estimate of drug-likeness (QED) is 0.121. The van der Waals surface area contributed by atoms with Crippen LogP contribution in [0.4, 0.5) is 5.82 Å². The predicted molar refractivity (Wildman–Crippen MR) is 243 cm³/mol. The van der Waals surface area contributed by atoms with Crippen LogP contribution in [0.5, 0.6) is 0 Å². The summed E-state index contributed by atoms with van der Waals surface area (Å²) in [5, 5.41) is 25.1. The third-order valence-corrected chi connectivity index (χ3v) is 9.81. The molecule has 11 heteroatoms. The van der Waals surface area contributed by atoms with Crippen molar-refractivity contribution in [1.29, 1.82) is 5.26 Å². The Hall–Kier alpha value is -5.92. The Kier molecular flexibility index (Phi) is 12.4. The van der Waals surface area contributed by atoms with Gasteiger partial charge in [-0.15, -0.1) is 0 Å². The van der Waals surface area contributed by atoms with Crippen molar-refractivity contribution in [2.45, 2.75) is 13.8 Å². The maximum atomic E-state index is 8.79. The van der Waals surface area contributed by atoms with E-state index in [-0.39, 0.29) is 19.8 Å². The van der Waals surface area contributed by atoms with E-state index in [2.05, 4.69) is 59.5 Å². The number of rotatable bonds is 6. The average Bonchev–Trinajstić information content (AvgIpc) is 4.00. The molecule has 0 aliphatic rings. The third-order valence-electron chi connectivity index (χ3n) is 8.18. The van der Waals surface area contributed by atoms with Crippen molar-refractivity contribution < 1.29 is 36.2 Å². The van der Waals surface area contributed by atoms with Gasteiger partial charge in [-0.2, -0.15) is 5.26 Å². The Morgan fingerprint density at radius 2 is 0.983 bits per heavy atom. The summed E-state index contributed by atoms with van der Waals surface area (Å²) < 4.78 is 87.4. The molecule has 0 amide bonds. The zero-order valence-electron chi connectivity index (χ0n) is 43.8. The molecule has 4 heterocycles. The normalized spacial score (nSPS) is 13.9. The smallest absolute Gasteiger partial charge is 0.573 e. The van der Waals surface area contributed by atoms with Crippen molar-refractivity contribution in [3.63, 3.8) is 0 Å². The van der Waals surface area contributed by atoms with Crippen LogP contribution in [0.25, 0.3) is 49.9 Å². The van der Waals surface area contributed by atoms with Crippen molar-refractivity contribution in [3.05, 3.63) is 186 Å². The number of nitrogens with zero attached hydrogens (tertiary/aromatic N) is 8. The fourth-order valence-corrected chi connectivity index (χ4v) is 6.28. The van der Waals surface area contributed by atoms with Gasteiger partial charge < -0.3 is 20.1 Å². The van der Waals surface area contributed by atoms with Gasteiger partial charge >= 0.3 is 19.8 Å². The van der Waals surface area contributed by atoms with E-state index in [4.69, 9.17) is 28.3 Å². The largest absolute Gasteiger partial charge is 2.00 e. The molecule has 0 unspecified atom stereocenters. The summed E-state index contributed by atoms with van der Waals surface area (Å²) in [6, 6.07) is 45.9. The molecule has 0 aliphatic heterocycles. The van der Waals surface area contributed by atoms with E-state index in [1.165, 1.54) is 0 Å². The van der Waals surface area contributed by atoms with Gasteiger partial charge in [0, 0.05) is 40.0 Å². The fourth-order valence-electron chi connectivity index (χ4n) is 5.34. The van der Waals surface area contributed by atoms with Gasteiger partial charge in [0.15, 0.2) is 0 Å². The molecule has 294 valence electrons. The molecule has 0 atom stereocenters. The minimum absolute atomic E-state index is 0. The molecular formula is C48H44N8OsP2. The number of aromatic nitrogens is 6. The van der Waals surface area contributed by atoms with E-state index in [0.717, 1.165) is 44.8 Å². The van der Waals surface area contributed by atoms with Gasteiger partial charge in [-0.3, -0.25) is 9.97 Å². The van der Waals surface area contributed by atoms with Gasteiger partial charge in [-0.25, -0.2) is 5.10 Å². The average molecular weight is 997 g/mol. The van der Waals surface area contributed by atoms with Crippen molar-refractivity contribution in [3.8, 4) is 51.1 Å². The van der Waals surface area contributed by atoms with Crippen LogP contribution >= 0.6 is 15.8 Å². The molecular weight excluding hydrogens is 941 g/mol. The first-order valence-electron chi connectivity index (χ1n) is 23.5. The second kappa shape index (κ2) is 23.5. The minimum atomic E-state index is -2.44. The molecule has 0 aliphatic carbocycles. The first kappa shape index (κ1) is 31.1. The zero-order valence-corrected chi connectivity index (χ0v) is 36.2. The molecule has 59 heavy (non-hydrogen) atoms. The molecule has 0 N–H and O–H groups in total. The van der Waals surface area contributed by atoms with Crippen LogP contribution in [0.1, 0.15) is 33.3 Å². The summed E-state index contributed by atoms with van der Waals surface area (Å²) in [5.74, 6) is 0.299. The van der Waals surface area contributed by atoms with E-state index in [0.29, 0.717) is 33.5 Å². The van der Waals surface area contributed by atoms with Crippen molar-refractivity contribution in [2.24, 2.45) is 0 Å². The number of nitriles is 1. The molecule has 0 saturated heterocycles. The van der Waals surface area contributed by atoms with Gasteiger partial charge in [0.05, 0.1) is 11.4 Å². The predicted octanol–water partition coefficient (Wildman–Crippen LogP) is 10.7. The second-order valence-electron chi connectivity index (χ2n) is 12.3. The molecule has 4 aromatic carbocycles. The fraction of sp³-hybridized carbons (Fsp3) is 0.125. The molecule has 8 nitrogen and oxygen atoms in total. The van der Waals surface area contributed by atoms with Gasteiger partial charge in [-0.05, 0) is 97.3 Å². The minimum Gasteiger partial charge on any atom is -0.573 e.